The predicted octanol–water partition coefficient (Wildman–Crippen LogP) is -0.241. The second-order valence-corrected chi connectivity index (χ2v) is 5.43. The molecule has 0 aliphatic carbocycles. The minimum absolute atomic E-state index is 0.0359. The van der Waals surface area contributed by atoms with E-state index in [0.29, 0.717) is 13.0 Å². The molecule has 4 N–H and O–H groups in total. The molecule has 1 atom stereocenters. The Hall–Kier alpha value is -1.93. The van der Waals surface area contributed by atoms with E-state index in [1.165, 1.54) is 17.7 Å². The van der Waals surface area contributed by atoms with Crippen LogP contribution in [0.5, 0.6) is 0 Å². The van der Waals surface area contributed by atoms with Gasteiger partial charge in [0.2, 0.25) is 0 Å². The van der Waals surface area contributed by atoms with Crippen LogP contribution >= 0.6 is 0 Å². The van der Waals surface area contributed by atoms with Gasteiger partial charge >= 0.3 is 11.7 Å². The fourth-order valence-corrected chi connectivity index (χ4v) is 1.78. The molecule has 0 fully saturated rings. The lowest BCUT2D eigenvalue weighted by atomic mass is 10.0. The van der Waals surface area contributed by atoms with E-state index in [4.69, 9.17) is 20.9 Å². The van der Waals surface area contributed by atoms with E-state index in [0.717, 1.165) is 0 Å². The van der Waals surface area contributed by atoms with Crippen LogP contribution in [-0.4, -0.2) is 41.4 Å². The molecule has 0 saturated heterocycles. The molecule has 0 amide bonds. The number of rotatable bonds is 8. The summed E-state index contributed by atoms with van der Waals surface area (Å²) in [6, 6.07) is 1.54. The Balaban J connectivity index is 2.74. The Labute approximate surface area is 129 Å². The van der Waals surface area contributed by atoms with Gasteiger partial charge in [-0.15, -0.1) is 0 Å². The molecule has 0 aromatic carbocycles. The minimum atomic E-state index is -0.842. The molecule has 8 heteroatoms. The van der Waals surface area contributed by atoms with Crippen LogP contribution in [0.4, 0.5) is 5.82 Å². The van der Waals surface area contributed by atoms with Crippen molar-refractivity contribution in [2.45, 2.75) is 32.4 Å². The Morgan fingerprint density at radius 3 is 2.68 bits per heavy atom. The largest absolute Gasteiger partial charge is 0.462 e. The van der Waals surface area contributed by atoms with E-state index in [-0.39, 0.29) is 30.9 Å². The zero-order valence-corrected chi connectivity index (χ0v) is 13.2. The number of nitrogen functional groups attached to an aromatic ring is 1. The molecule has 0 saturated carbocycles. The van der Waals surface area contributed by atoms with Crippen LogP contribution in [0.1, 0.15) is 20.3 Å². The molecule has 1 aromatic heterocycles. The average Bonchev–Trinajstić information content (AvgIpc) is 2.49. The summed E-state index contributed by atoms with van der Waals surface area (Å²) in [6.45, 7) is 4.02. The number of nitrogens with two attached hydrogens (primary N) is 2. The molecule has 1 unspecified atom stereocenters. The molecule has 1 heterocycles. The number of hydrogen-bond donors (Lipinski definition) is 2. The first-order chi connectivity index (χ1) is 10.3. The maximum Gasteiger partial charge on any atom is 0.349 e. The van der Waals surface area contributed by atoms with Gasteiger partial charge in [0, 0.05) is 26.4 Å². The first-order valence-electron chi connectivity index (χ1n) is 7.08. The Morgan fingerprint density at radius 1 is 1.50 bits per heavy atom. The van der Waals surface area contributed by atoms with Crippen molar-refractivity contribution in [1.29, 1.82) is 0 Å². The number of hydrogen-bond acceptors (Lipinski definition) is 7. The average molecular weight is 312 g/mol. The Kier molecular flexibility index (Phi) is 6.51. The van der Waals surface area contributed by atoms with E-state index in [1.807, 2.05) is 0 Å². The summed E-state index contributed by atoms with van der Waals surface area (Å²) in [4.78, 5) is 26.9. The highest BCUT2D eigenvalue weighted by atomic mass is 16.6. The third-order valence-electron chi connectivity index (χ3n) is 3.46. The van der Waals surface area contributed by atoms with Gasteiger partial charge in [-0.1, -0.05) is 13.8 Å². The summed E-state index contributed by atoms with van der Waals surface area (Å²) in [7, 11) is 1.50. The number of carbonyl (C=O) groups is 1. The van der Waals surface area contributed by atoms with Gasteiger partial charge in [0.15, 0.2) is 0 Å². The third-order valence-corrected chi connectivity index (χ3v) is 3.46. The van der Waals surface area contributed by atoms with Crippen LogP contribution in [0, 0.1) is 5.92 Å². The molecular formula is C14H24N4O4. The van der Waals surface area contributed by atoms with Crippen molar-refractivity contribution < 1.29 is 14.3 Å². The summed E-state index contributed by atoms with van der Waals surface area (Å²) in [5, 5.41) is 0. The number of carbonyl (C=O) groups excluding carboxylic acids is 1. The van der Waals surface area contributed by atoms with Gasteiger partial charge in [-0.3, -0.25) is 9.36 Å². The zero-order valence-electron chi connectivity index (χ0n) is 13.2. The highest BCUT2D eigenvalue weighted by Crippen LogP contribution is 2.16. The fourth-order valence-electron chi connectivity index (χ4n) is 1.78. The molecule has 124 valence electrons. The van der Waals surface area contributed by atoms with Crippen molar-refractivity contribution in [2.75, 3.05) is 26.0 Å². The summed E-state index contributed by atoms with van der Waals surface area (Å²) < 4.78 is 12.1. The van der Waals surface area contributed by atoms with Gasteiger partial charge in [-0.2, -0.15) is 4.98 Å². The topological polar surface area (TPSA) is 122 Å². The highest BCUT2D eigenvalue weighted by Gasteiger charge is 2.30. The molecule has 0 bridgehead atoms. The van der Waals surface area contributed by atoms with Gasteiger partial charge in [0.25, 0.3) is 0 Å². The van der Waals surface area contributed by atoms with Gasteiger partial charge in [0.1, 0.15) is 18.0 Å². The molecule has 0 aliphatic rings. The van der Waals surface area contributed by atoms with Crippen LogP contribution in [0.2, 0.25) is 0 Å². The van der Waals surface area contributed by atoms with Crippen LogP contribution in [-0.2, 0) is 20.8 Å². The number of aryl methyl sites for hydroxylation is 1. The smallest absolute Gasteiger partial charge is 0.349 e. The van der Waals surface area contributed by atoms with E-state index in [1.54, 1.807) is 20.0 Å². The lowest BCUT2D eigenvalue weighted by Crippen LogP contribution is -2.46. The lowest BCUT2D eigenvalue weighted by Gasteiger charge is -2.31. The normalized spacial score (nSPS) is 13.9. The first-order valence-corrected chi connectivity index (χ1v) is 7.08. The highest BCUT2D eigenvalue weighted by molar-refractivity contribution is 5.71. The molecule has 1 aromatic rings. The summed E-state index contributed by atoms with van der Waals surface area (Å²) in [5.74, 6) is -0.374. The van der Waals surface area contributed by atoms with Gasteiger partial charge in [-0.25, -0.2) is 4.79 Å². The lowest BCUT2D eigenvalue weighted by molar-refractivity contribution is -0.157. The summed E-state index contributed by atoms with van der Waals surface area (Å²) in [5.41, 5.74) is 9.93. The molecular weight excluding hydrogens is 288 g/mol. The van der Waals surface area contributed by atoms with Crippen molar-refractivity contribution in [3.05, 3.63) is 22.7 Å². The predicted molar refractivity (Wildman–Crippen MR) is 82.1 cm³/mol. The van der Waals surface area contributed by atoms with Gasteiger partial charge < -0.3 is 20.9 Å². The first kappa shape index (κ1) is 18.1. The van der Waals surface area contributed by atoms with Crippen molar-refractivity contribution in [2.24, 2.45) is 11.7 Å². The van der Waals surface area contributed by atoms with Crippen LogP contribution in [0.15, 0.2) is 17.1 Å². The number of methoxy groups -OCH3 is 1. The van der Waals surface area contributed by atoms with Crippen LogP contribution in [0.3, 0.4) is 0 Å². The molecule has 22 heavy (non-hydrogen) atoms. The van der Waals surface area contributed by atoms with Crippen LogP contribution in [0.25, 0.3) is 0 Å². The van der Waals surface area contributed by atoms with E-state index in [2.05, 4.69) is 4.98 Å². The van der Waals surface area contributed by atoms with Crippen molar-refractivity contribution in [1.82, 2.24) is 9.55 Å². The molecule has 0 radical (unpaired) electrons. The number of esters is 1. The quantitative estimate of drug-likeness (QED) is 0.635. The second kappa shape index (κ2) is 7.90. The maximum absolute atomic E-state index is 11.7. The Bertz CT molecular complexity index is 552. The monoisotopic (exact) mass is 312 g/mol. The van der Waals surface area contributed by atoms with Crippen molar-refractivity contribution >= 4 is 11.8 Å². The van der Waals surface area contributed by atoms with Gasteiger partial charge in [-0.05, 0) is 12.5 Å². The molecule has 0 aliphatic heterocycles. The standard InChI is InChI=1S/C14H24N4O4/c1-10(2)12(19)22-9-14(8-15,21-3)5-7-18-6-4-11(16)17-13(18)20/h4,6,10H,5,7-9,15H2,1-3H3,(H2,16,17,20). The SMILES string of the molecule is COC(CN)(CCn1ccc(N)nc1=O)COC(=O)C(C)C. The second-order valence-electron chi connectivity index (χ2n) is 5.43. The summed E-state index contributed by atoms with van der Waals surface area (Å²) >= 11 is 0. The van der Waals surface area contributed by atoms with Gasteiger partial charge in [0.05, 0.1) is 5.92 Å². The number of aromatic nitrogens is 2. The number of anilines is 1. The van der Waals surface area contributed by atoms with Crippen molar-refractivity contribution in [3.63, 3.8) is 0 Å². The minimum Gasteiger partial charge on any atom is -0.462 e. The third kappa shape index (κ3) is 4.81. The summed E-state index contributed by atoms with van der Waals surface area (Å²) in [6.07, 6.45) is 1.96. The number of nitrogens with zero attached hydrogens (tertiary/aromatic N) is 2. The van der Waals surface area contributed by atoms with E-state index < -0.39 is 11.3 Å². The molecule has 1 rings (SSSR count). The molecule has 8 nitrogen and oxygen atoms in total. The fraction of sp³-hybridized carbons (Fsp3) is 0.643. The van der Waals surface area contributed by atoms with E-state index >= 15 is 0 Å². The number of ether oxygens (including phenoxy) is 2. The molecule has 0 spiro atoms. The zero-order chi connectivity index (χ0) is 16.8. The maximum atomic E-state index is 11.7. The van der Waals surface area contributed by atoms with E-state index in [9.17, 15) is 9.59 Å². The van der Waals surface area contributed by atoms with Crippen LogP contribution < -0.4 is 17.2 Å². The van der Waals surface area contributed by atoms with Crippen molar-refractivity contribution in [3.8, 4) is 0 Å². The Morgan fingerprint density at radius 2 is 2.18 bits per heavy atom.